The maximum Gasteiger partial charge on any atom is 0.172 e. The first kappa shape index (κ1) is 18.4. The van der Waals surface area contributed by atoms with E-state index in [1.807, 2.05) is 43.4 Å². The fraction of sp³-hybridized carbons (Fsp3) is 0.0476. The van der Waals surface area contributed by atoms with Crippen molar-refractivity contribution < 1.29 is 0 Å². The Kier molecular flexibility index (Phi) is 5.98. The van der Waals surface area contributed by atoms with Crippen LogP contribution in [-0.2, 0) is 0 Å². The average Bonchev–Trinajstić information content (AvgIpc) is 3.08. The van der Waals surface area contributed by atoms with Crippen LogP contribution in [0.5, 0.6) is 0 Å². The lowest BCUT2D eigenvalue weighted by Gasteiger charge is -2.06. The van der Waals surface area contributed by atoms with E-state index in [0.29, 0.717) is 17.2 Å². The van der Waals surface area contributed by atoms with Gasteiger partial charge in [0, 0.05) is 10.6 Å². The van der Waals surface area contributed by atoms with Gasteiger partial charge in [-0.3, -0.25) is 5.10 Å². The number of H-pyrrole nitrogens is 1. The minimum absolute atomic E-state index is 0.419. The molecular formula is C21H19N5S. The molecule has 27 heavy (non-hydrogen) atoms. The molecule has 0 saturated carbocycles. The van der Waals surface area contributed by atoms with Gasteiger partial charge < -0.3 is 10.0 Å². The van der Waals surface area contributed by atoms with E-state index in [9.17, 15) is 5.26 Å². The van der Waals surface area contributed by atoms with Crippen LogP contribution in [0.2, 0.25) is 0 Å². The second kappa shape index (κ2) is 8.79. The summed E-state index contributed by atoms with van der Waals surface area (Å²) in [6, 6.07) is 16.6. The molecule has 3 aromatic rings. The third kappa shape index (κ3) is 4.40. The number of aromatic nitrogens is 2. The first-order valence-electron chi connectivity index (χ1n) is 8.37. The van der Waals surface area contributed by atoms with Gasteiger partial charge in [-0.1, -0.05) is 49.1 Å². The summed E-state index contributed by atoms with van der Waals surface area (Å²) < 4.78 is 3.18. The second-order valence-electron chi connectivity index (χ2n) is 5.63. The van der Waals surface area contributed by atoms with E-state index in [1.165, 1.54) is 22.7 Å². The Bertz CT molecular complexity index is 1060. The van der Waals surface area contributed by atoms with Crippen LogP contribution in [0.15, 0.2) is 83.9 Å². The van der Waals surface area contributed by atoms with Gasteiger partial charge in [-0.15, -0.1) is 0 Å². The van der Waals surface area contributed by atoms with Gasteiger partial charge in [-0.25, -0.2) is 0 Å². The van der Waals surface area contributed by atoms with Crippen molar-refractivity contribution in [3.8, 4) is 6.07 Å². The second-order valence-corrected chi connectivity index (χ2v) is 6.51. The molecule has 0 unspecified atom stereocenters. The van der Waals surface area contributed by atoms with Gasteiger partial charge in [0.25, 0.3) is 0 Å². The number of fused-ring (bicyclic) bond motifs is 1. The average molecular weight is 373 g/mol. The fourth-order valence-electron chi connectivity index (χ4n) is 2.54. The Morgan fingerprint density at radius 3 is 2.81 bits per heavy atom. The molecule has 0 fully saturated rings. The van der Waals surface area contributed by atoms with E-state index in [1.54, 1.807) is 6.08 Å². The van der Waals surface area contributed by atoms with Gasteiger partial charge in [-0.2, -0.15) is 10.4 Å². The number of nitrogens with zero attached hydrogens (tertiary/aromatic N) is 2. The molecule has 0 radical (unpaired) electrons. The molecule has 0 aliphatic carbocycles. The topological polar surface area (TPSA) is 76.5 Å². The van der Waals surface area contributed by atoms with Crippen molar-refractivity contribution in [1.82, 2.24) is 10.2 Å². The van der Waals surface area contributed by atoms with Gasteiger partial charge in [0.2, 0.25) is 0 Å². The molecule has 5 nitrogen and oxygen atoms in total. The molecule has 0 bridgehead atoms. The van der Waals surface area contributed by atoms with Gasteiger partial charge in [0.1, 0.15) is 11.6 Å². The standard InChI is InChI=1S/C21H19N5S/c1-3-7-17(8-4-2)23-20-19(14-22)21(25-24-20)26-27-18-12-11-15-9-5-6-10-16(15)13-18/h3-13H,1H2,2H3,(H3,23,24,25,26)/b8-4-,17-7+. The molecule has 0 atom stereocenters. The quantitative estimate of drug-likeness (QED) is 0.370. The summed E-state index contributed by atoms with van der Waals surface area (Å²) in [7, 11) is 0. The lowest BCUT2D eigenvalue weighted by Crippen LogP contribution is -1.99. The molecule has 0 aliphatic rings. The highest BCUT2D eigenvalue weighted by Gasteiger charge is 2.13. The van der Waals surface area contributed by atoms with E-state index in [2.05, 4.69) is 57.1 Å². The fourth-order valence-corrected chi connectivity index (χ4v) is 3.23. The number of hydrogen-bond acceptors (Lipinski definition) is 5. The lowest BCUT2D eigenvalue weighted by molar-refractivity contribution is 1.10. The first-order valence-corrected chi connectivity index (χ1v) is 9.19. The van der Waals surface area contributed by atoms with Gasteiger partial charge >= 0.3 is 0 Å². The molecule has 3 rings (SSSR count). The molecule has 0 saturated heterocycles. The predicted octanol–water partition coefficient (Wildman–Crippen LogP) is 5.61. The predicted molar refractivity (Wildman–Crippen MR) is 113 cm³/mol. The van der Waals surface area contributed by atoms with Crippen LogP contribution >= 0.6 is 11.9 Å². The van der Waals surface area contributed by atoms with Crippen molar-refractivity contribution in [2.75, 3.05) is 10.0 Å². The van der Waals surface area contributed by atoms with Crippen molar-refractivity contribution in [3.63, 3.8) is 0 Å². The largest absolute Gasteiger partial charge is 0.338 e. The minimum atomic E-state index is 0.419. The SMILES string of the molecule is C=C/C=C(\C=C/C)Nc1n[nH]c(NSc2ccc3ccccc3c2)c1C#N. The first-order chi connectivity index (χ1) is 13.2. The molecule has 0 spiro atoms. The van der Waals surface area contributed by atoms with E-state index in [-0.39, 0.29) is 0 Å². The van der Waals surface area contributed by atoms with Crippen molar-refractivity contribution in [3.05, 3.63) is 84.6 Å². The molecular weight excluding hydrogens is 354 g/mol. The number of aromatic amines is 1. The summed E-state index contributed by atoms with van der Waals surface area (Å²) in [5.74, 6) is 1.02. The van der Waals surface area contributed by atoms with E-state index in [0.717, 1.165) is 10.6 Å². The number of rotatable bonds is 7. The monoisotopic (exact) mass is 373 g/mol. The Morgan fingerprint density at radius 1 is 1.26 bits per heavy atom. The number of nitrogens with one attached hydrogen (secondary N) is 3. The van der Waals surface area contributed by atoms with Crippen molar-refractivity contribution in [1.29, 1.82) is 5.26 Å². The summed E-state index contributed by atoms with van der Waals surface area (Å²) in [5.41, 5.74) is 1.21. The minimum Gasteiger partial charge on any atom is -0.338 e. The zero-order chi connectivity index (χ0) is 19.1. The number of allylic oxidation sites excluding steroid dienone is 4. The number of anilines is 2. The Hall–Kier alpha value is -3.43. The van der Waals surface area contributed by atoms with Crippen LogP contribution in [0.25, 0.3) is 10.8 Å². The number of benzene rings is 2. The normalized spacial score (nSPS) is 11.5. The highest BCUT2D eigenvalue weighted by molar-refractivity contribution is 8.00. The summed E-state index contributed by atoms with van der Waals surface area (Å²) in [6.45, 7) is 5.62. The smallest absolute Gasteiger partial charge is 0.172 e. The Morgan fingerprint density at radius 2 is 2.07 bits per heavy atom. The zero-order valence-electron chi connectivity index (χ0n) is 14.9. The lowest BCUT2D eigenvalue weighted by atomic mass is 10.1. The summed E-state index contributed by atoms with van der Waals surface area (Å²) in [5, 5.41) is 22.1. The van der Waals surface area contributed by atoms with E-state index < -0.39 is 0 Å². The molecule has 3 N–H and O–H groups in total. The molecule has 0 amide bonds. The van der Waals surface area contributed by atoms with Crippen LogP contribution in [-0.4, -0.2) is 10.2 Å². The van der Waals surface area contributed by atoms with Crippen molar-refractivity contribution >= 4 is 34.4 Å². The van der Waals surface area contributed by atoms with Crippen molar-refractivity contribution in [2.24, 2.45) is 0 Å². The Labute approximate surface area is 162 Å². The third-order valence-electron chi connectivity index (χ3n) is 3.78. The summed E-state index contributed by atoms with van der Waals surface area (Å²) in [6.07, 6.45) is 7.27. The van der Waals surface area contributed by atoms with Crippen LogP contribution in [0.3, 0.4) is 0 Å². The van der Waals surface area contributed by atoms with Crippen LogP contribution < -0.4 is 10.0 Å². The molecule has 2 aromatic carbocycles. The molecule has 6 heteroatoms. The zero-order valence-corrected chi connectivity index (χ0v) is 15.7. The van der Waals surface area contributed by atoms with Gasteiger partial charge in [0.05, 0.1) is 0 Å². The molecule has 1 aromatic heterocycles. The van der Waals surface area contributed by atoms with Gasteiger partial charge in [0.15, 0.2) is 11.6 Å². The third-order valence-corrected chi connectivity index (χ3v) is 4.57. The molecule has 1 heterocycles. The number of nitriles is 1. The van der Waals surface area contributed by atoms with E-state index >= 15 is 0 Å². The number of hydrogen-bond donors (Lipinski definition) is 3. The van der Waals surface area contributed by atoms with Crippen LogP contribution in [0.1, 0.15) is 12.5 Å². The van der Waals surface area contributed by atoms with E-state index in [4.69, 9.17) is 0 Å². The van der Waals surface area contributed by atoms with Crippen LogP contribution in [0.4, 0.5) is 11.6 Å². The maximum atomic E-state index is 9.54. The summed E-state index contributed by atoms with van der Waals surface area (Å²) in [4.78, 5) is 1.04. The maximum absolute atomic E-state index is 9.54. The van der Waals surface area contributed by atoms with Crippen LogP contribution in [0, 0.1) is 11.3 Å². The van der Waals surface area contributed by atoms with Gasteiger partial charge in [-0.05, 0) is 53.9 Å². The summed E-state index contributed by atoms with van der Waals surface area (Å²) >= 11 is 1.43. The molecule has 0 aliphatic heterocycles. The Balaban J connectivity index is 1.77. The van der Waals surface area contributed by atoms with Crippen molar-refractivity contribution in [2.45, 2.75) is 11.8 Å². The highest BCUT2D eigenvalue weighted by atomic mass is 32.2. The highest BCUT2D eigenvalue weighted by Crippen LogP contribution is 2.28. The molecule has 134 valence electrons.